The quantitative estimate of drug-likeness (QED) is 0.0222. The van der Waals surface area contributed by atoms with Gasteiger partial charge in [-0.15, -0.1) is 0 Å². The van der Waals surface area contributed by atoms with Crippen LogP contribution in [0.15, 0.2) is 0 Å². The van der Waals surface area contributed by atoms with Crippen molar-refractivity contribution in [3.63, 3.8) is 0 Å². The number of phosphoric ester groups is 2. The molecule has 17 nitrogen and oxygen atoms in total. The van der Waals surface area contributed by atoms with Gasteiger partial charge >= 0.3 is 39.5 Å². The molecule has 0 rings (SSSR count). The molecule has 0 spiro atoms. The monoisotopic (exact) mass is 1520 g/mol. The second kappa shape index (κ2) is 73.8. The Hall–Kier alpha value is -1.94. The van der Waals surface area contributed by atoms with E-state index < -0.39 is 97.5 Å². The molecule has 0 fully saturated rings. The zero-order valence-electron chi connectivity index (χ0n) is 68.7. The fourth-order valence-corrected chi connectivity index (χ4v) is 14.7. The molecule has 6 atom stereocenters. The van der Waals surface area contributed by atoms with Crippen molar-refractivity contribution in [1.29, 1.82) is 0 Å². The number of phosphoric acid groups is 2. The summed E-state index contributed by atoms with van der Waals surface area (Å²) in [5.74, 6) is 1.05. The number of esters is 4. The molecule has 19 heteroatoms. The zero-order chi connectivity index (χ0) is 76.7. The predicted octanol–water partition coefficient (Wildman–Crippen LogP) is 25.6. The van der Waals surface area contributed by atoms with E-state index in [1.165, 1.54) is 238 Å². The van der Waals surface area contributed by atoms with Gasteiger partial charge in [-0.3, -0.25) is 37.3 Å². The molecule has 0 saturated carbocycles. The van der Waals surface area contributed by atoms with Gasteiger partial charge in [-0.25, -0.2) is 9.13 Å². The summed E-state index contributed by atoms with van der Waals surface area (Å²) in [6.07, 6.45) is 62.5. The molecule has 3 N–H and O–H groups in total. The topological polar surface area (TPSA) is 237 Å². The Labute approximate surface area is 638 Å². The molecule has 0 aliphatic carbocycles. The SMILES string of the molecule is CCC(C)CCCCCCCCCCCCCCCCC(=O)O[C@H](COC(=O)CCCCCCCCCC(C)C)COP(=O)(O)OCC(O)COP(=O)(O)OC[C@@H](COC(=O)CCCCCCCCCCCCCCCCCCC(C)C)OC(=O)CCCCCCCCCCCCCCCCC(C)C. The Kier molecular flexibility index (Phi) is 72.5. The molecule has 0 bridgehead atoms. The van der Waals surface area contributed by atoms with Crippen molar-refractivity contribution in [2.75, 3.05) is 39.6 Å². The molecule has 104 heavy (non-hydrogen) atoms. The molecule has 4 unspecified atom stereocenters. The largest absolute Gasteiger partial charge is 0.472 e. The number of hydrogen-bond acceptors (Lipinski definition) is 15. The van der Waals surface area contributed by atoms with Crippen LogP contribution in [-0.4, -0.2) is 96.7 Å². The highest BCUT2D eigenvalue weighted by atomic mass is 31.2. The van der Waals surface area contributed by atoms with Crippen LogP contribution in [0.2, 0.25) is 0 Å². The first-order valence-corrected chi connectivity index (χ1v) is 46.7. The van der Waals surface area contributed by atoms with Crippen LogP contribution >= 0.6 is 15.6 Å². The van der Waals surface area contributed by atoms with E-state index in [1.54, 1.807) is 0 Å². The third kappa shape index (κ3) is 76.8. The summed E-state index contributed by atoms with van der Waals surface area (Å²) >= 11 is 0. The van der Waals surface area contributed by atoms with Crippen LogP contribution in [0.4, 0.5) is 0 Å². The average molecular weight is 1520 g/mol. The smallest absolute Gasteiger partial charge is 0.462 e. The summed E-state index contributed by atoms with van der Waals surface area (Å²) in [5, 5.41) is 10.7. The number of unbranched alkanes of at least 4 members (excludes halogenated alkanes) is 47. The summed E-state index contributed by atoms with van der Waals surface area (Å²) in [5.41, 5.74) is 0. The number of hydrogen-bond donors (Lipinski definition) is 3. The summed E-state index contributed by atoms with van der Waals surface area (Å²) in [6, 6.07) is 0. The first-order valence-electron chi connectivity index (χ1n) is 43.7. The van der Waals surface area contributed by atoms with E-state index in [4.69, 9.17) is 37.0 Å². The van der Waals surface area contributed by atoms with Crippen LogP contribution < -0.4 is 0 Å². The maximum absolute atomic E-state index is 13.1. The molecule has 618 valence electrons. The maximum Gasteiger partial charge on any atom is 0.472 e. The summed E-state index contributed by atoms with van der Waals surface area (Å²) in [6.45, 7) is 14.3. The lowest BCUT2D eigenvalue weighted by Gasteiger charge is -2.21. The minimum Gasteiger partial charge on any atom is -0.462 e. The van der Waals surface area contributed by atoms with Crippen molar-refractivity contribution >= 4 is 39.5 Å². The number of rotatable bonds is 82. The normalized spacial score (nSPS) is 14.2. The van der Waals surface area contributed by atoms with Crippen molar-refractivity contribution in [2.45, 2.75) is 459 Å². The van der Waals surface area contributed by atoms with E-state index in [0.717, 1.165) is 114 Å². The summed E-state index contributed by atoms with van der Waals surface area (Å²) in [4.78, 5) is 73.2. The first kappa shape index (κ1) is 102. The van der Waals surface area contributed by atoms with Crippen LogP contribution in [0.25, 0.3) is 0 Å². The van der Waals surface area contributed by atoms with Gasteiger partial charge in [-0.2, -0.15) is 0 Å². The zero-order valence-corrected chi connectivity index (χ0v) is 70.5. The lowest BCUT2D eigenvalue weighted by Crippen LogP contribution is -2.30. The number of ether oxygens (including phenoxy) is 4. The van der Waals surface area contributed by atoms with Gasteiger partial charge in [0.1, 0.15) is 19.3 Å². The van der Waals surface area contributed by atoms with Crippen molar-refractivity contribution in [3.8, 4) is 0 Å². The van der Waals surface area contributed by atoms with Gasteiger partial charge < -0.3 is 33.8 Å². The van der Waals surface area contributed by atoms with E-state index >= 15 is 0 Å². The lowest BCUT2D eigenvalue weighted by molar-refractivity contribution is -0.161. The molecule has 0 aromatic carbocycles. The fourth-order valence-electron chi connectivity index (χ4n) is 13.1. The van der Waals surface area contributed by atoms with Gasteiger partial charge in [0, 0.05) is 25.7 Å². The minimum atomic E-state index is -4.97. The molecule has 0 amide bonds. The third-order valence-corrected chi connectivity index (χ3v) is 22.1. The van der Waals surface area contributed by atoms with Gasteiger partial charge in [0.15, 0.2) is 12.2 Å². The molecule has 0 saturated heterocycles. The van der Waals surface area contributed by atoms with Crippen molar-refractivity contribution in [3.05, 3.63) is 0 Å². The predicted molar refractivity (Wildman–Crippen MR) is 428 cm³/mol. The highest BCUT2D eigenvalue weighted by Crippen LogP contribution is 2.45. The van der Waals surface area contributed by atoms with E-state index in [9.17, 15) is 43.2 Å². The standard InChI is InChI=1S/C85H166O17P2/c1-9-78(8)64-56-48-40-32-26-20-15-17-23-29-35-43-52-60-68-85(90)102-81(72-96-83(88)66-58-50-44-36-39-47-55-63-77(6)7)74-100-104(93,94)98-70-79(86)69-97-103(91,92)99-73-80(101-84(89)67-59-51-42-34-28-22-16-14-19-25-31-38-46-54-62-76(4)5)71-95-82(87)65-57-49-41-33-27-21-13-11-10-12-18-24-30-37-45-53-61-75(2)3/h75-81,86H,9-74H2,1-8H3,(H,91,92)(H,93,94)/t78?,79?,80-,81-/m1/s1. The van der Waals surface area contributed by atoms with Gasteiger partial charge in [-0.05, 0) is 49.4 Å². The Bertz CT molecular complexity index is 2030. The number of aliphatic hydroxyl groups excluding tert-OH is 1. The van der Waals surface area contributed by atoms with Crippen molar-refractivity contribution < 1.29 is 80.2 Å². The van der Waals surface area contributed by atoms with E-state index in [0.29, 0.717) is 31.6 Å². The van der Waals surface area contributed by atoms with E-state index in [2.05, 4.69) is 55.4 Å². The third-order valence-electron chi connectivity index (χ3n) is 20.2. The fraction of sp³-hybridized carbons (Fsp3) is 0.953. The van der Waals surface area contributed by atoms with Gasteiger partial charge in [0.05, 0.1) is 26.4 Å². The van der Waals surface area contributed by atoms with Crippen LogP contribution in [-0.2, 0) is 65.4 Å². The minimum absolute atomic E-state index is 0.107. The van der Waals surface area contributed by atoms with E-state index in [-0.39, 0.29) is 25.7 Å². The van der Waals surface area contributed by atoms with Crippen LogP contribution in [0, 0.1) is 23.7 Å². The van der Waals surface area contributed by atoms with Crippen molar-refractivity contribution in [1.82, 2.24) is 0 Å². The lowest BCUT2D eigenvalue weighted by atomic mass is 9.99. The highest BCUT2D eigenvalue weighted by Gasteiger charge is 2.30. The van der Waals surface area contributed by atoms with Gasteiger partial charge in [-0.1, -0.05) is 389 Å². The highest BCUT2D eigenvalue weighted by molar-refractivity contribution is 7.47. The van der Waals surface area contributed by atoms with Crippen LogP contribution in [0.3, 0.4) is 0 Å². The second-order valence-electron chi connectivity index (χ2n) is 32.2. The number of carbonyl (C=O) groups is 4. The van der Waals surface area contributed by atoms with E-state index in [1.807, 2.05) is 0 Å². The molecule has 0 aliphatic rings. The molecule has 0 aromatic heterocycles. The summed E-state index contributed by atoms with van der Waals surface area (Å²) < 4.78 is 68.9. The van der Waals surface area contributed by atoms with Gasteiger partial charge in [0.2, 0.25) is 0 Å². The first-order chi connectivity index (χ1) is 50.1. The van der Waals surface area contributed by atoms with Crippen LogP contribution in [0.1, 0.15) is 441 Å². The Balaban J connectivity index is 5.24. The van der Waals surface area contributed by atoms with Crippen molar-refractivity contribution in [2.24, 2.45) is 23.7 Å². The molecular formula is C85H166O17P2. The Morgan fingerprint density at radius 2 is 0.462 bits per heavy atom. The second-order valence-corrected chi connectivity index (χ2v) is 35.2. The molecule has 0 heterocycles. The average Bonchev–Trinajstić information content (AvgIpc) is 0.922. The Morgan fingerprint density at radius 1 is 0.269 bits per heavy atom. The Morgan fingerprint density at radius 3 is 0.683 bits per heavy atom. The molecular weight excluding hydrogens is 1350 g/mol. The number of aliphatic hydroxyl groups is 1. The molecule has 0 aliphatic heterocycles. The van der Waals surface area contributed by atoms with Gasteiger partial charge in [0.25, 0.3) is 0 Å². The maximum atomic E-state index is 13.1. The molecule has 0 radical (unpaired) electrons. The molecule has 0 aromatic rings. The van der Waals surface area contributed by atoms with Crippen LogP contribution in [0.5, 0.6) is 0 Å². The number of carbonyl (C=O) groups excluding carboxylic acids is 4. The summed E-state index contributed by atoms with van der Waals surface area (Å²) in [7, 11) is -9.93.